The van der Waals surface area contributed by atoms with Gasteiger partial charge in [0.25, 0.3) is 5.91 Å². The lowest BCUT2D eigenvalue weighted by Crippen LogP contribution is -2.13. The second kappa shape index (κ2) is 12.9. The molecule has 2 aromatic carbocycles. The van der Waals surface area contributed by atoms with Crippen LogP contribution in [0.5, 0.6) is 11.5 Å². The molecule has 9 heteroatoms. The quantitative estimate of drug-likeness (QED) is 0.160. The predicted molar refractivity (Wildman–Crippen MR) is 156 cm³/mol. The summed E-state index contributed by atoms with van der Waals surface area (Å²) in [6, 6.07) is 12.9. The first-order valence-corrected chi connectivity index (χ1v) is 13.8. The topological polar surface area (TPSA) is 95.1 Å². The van der Waals surface area contributed by atoms with E-state index in [1.165, 1.54) is 24.5 Å². The SMILES string of the molecule is C=CCc1cc(/C=C(\C#N)C(=O)Nc2sc3c(c2C#N)CCCC3)cc(OC)c1OCc1ccc(Cl)cc1Cl. The number of aryl methyl sites for hydroxylation is 1. The number of thiophene rings is 1. The molecule has 0 unspecified atom stereocenters. The summed E-state index contributed by atoms with van der Waals surface area (Å²) in [5.41, 5.74) is 3.51. The Morgan fingerprint density at radius 3 is 2.67 bits per heavy atom. The molecular formula is C30H25Cl2N3O3S. The minimum Gasteiger partial charge on any atom is -0.493 e. The van der Waals surface area contributed by atoms with E-state index in [4.69, 9.17) is 32.7 Å². The summed E-state index contributed by atoms with van der Waals surface area (Å²) in [6.07, 6.45) is 7.50. The van der Waals surface area contributed by atoms with Crippen LogP contribution in [0.4, 0.5) is 5.00 Å². The van der Waals surface area contributed by atoms with E-state index in [0.717, 1.165) is 47.3 Å². The van der Waals surface area contributed by atoms with Gasteiger partial charge < -0.3 is 14.8 Å². The second-order valence-corrected chi connectivity index (χ2v) is 10.8. The molecule has 1 aromatic heterocycles. The fraction of sp³-hybridized carbons (Fsp3) is 0.233. The van der Waals surface area contributed by atoms with Crippen LogP contribution in [-0.4, -0.2) is 13.0 Å². The molecule has 0 radical (unpaired) electrons. The van der Waals surface area contributed by atoms with Crippen LogP contribution < -0.4 is 14.8 Å². The van der Waals surface area contributed by atoms with Crippen molar-refractivity contribution < 1.29 is 14.3 Å². The molecule has 1 amide bonds. The zero-order valence-corrected chi connectivity index (χ0v) is 23.6. The molecule has 1 heterocycles. The highest BCUT2D eigenvalue weighted by Gasteiger charge is 2.23. The van der Waals surface area contributed by atoms with Crippen LogP contribution in [-0.2, 0) is 30.7 Å². The molecule has 0 fully saturated rings. The van der Waals surface area contributed by atoms with Gasteiger partial charge in [-0.1, -0.05) is 35.3 Å². The number of benzene rings is 2. The van der Waals surface area contributed by atoms with Gasteiger partial charge >= 0.3 is 0 Å². The highest BCUT2D eigenvalue weighted by atomic mass is 35.5. The number of nitrogens with zero attached hydrogens (tertiary/aromatic N) is 2. The average Bonchev–Trinajstić information content (AvgIpc) is 3.28. The zero-order chi connectivity index (χ0) is 27.9. The normalized spacial score (nSPS) is 12.6. The highest BCUT2D eigenvalue weighted by Crippen LogP contribution is 2.38. The number of allylic oxidation sites excluding steroid dienone is 1. The Morgan fingerprint density at radius 1 is 1.18 bits per heavy atom. The number of anilines is 1. The number of hydrogen-bond acceptors (Lipinski definition) is 6. The molecule has 0 saturated carbocycles. The smallest absolute Gasteiger partial charge is 0.266 e. The lowest BCUT2D eigenvalue weighted by Gasteiger charge is -2.16. The summed E-state index contributed by atoms with van der Waals surface area (Å²) in [6.45, 7) is 4.02. The number of halogens is 2. The average molecular weight is 579 g/mol. The van der Waals surface area contributed by atoms with Crippen molar-refractivity contribution in [3.05, 3.63) is 91.3 Å². The third kappa shape index (κ3) is 6.46. The summed E-state index contributed by atoms with van der Waals surface area (Å²) >= 11 is 13.7. The van der Waals surface area contributed by atoms with Crippen LogP contribution in [0.25, 0.3) is 6.08 Å². The first-order chi connectivity index (χ1) is 18.9. The predicted octanol–water partition coefficient (Wildman–Crippen LogP) is 7.67. The number of amides is 1. The van der Waals surface area contributed by atoms with E-state index >= 15 is 0 Å². The van der Waals surface area contributed by atoms with E-state index in [-0.39, 0.29) is 12.2 Å². The van der Waals surface area contributed by atoms with Gasteiger partial charge in [-0.2, -0.15) is 10.5 Å². The Morgan fingerprint density at radius 2 is 1.97 bits per heavy atom. The van der Waals surface area contributed by atoms with Crippen LogP contribution in [0.1, 0.15) is 45.5 Å². The summed E-state index contributed by atoms with van der Waals surface area (Å²) in [7, 11) is 1.52. The largest absolute Gasteiger partial charge is 0.493 e. The first-order valence-electron chi connectivity index (χ1n) is 12.2. The van der Waals surface area contributed by atoms with Crippen molar-refractivity contribution in [3.8, 4) is 23.6 Å². The van der Waals surface area contributed by atoms with Crippen LogP contribution in [0.2, 0.25) is 10.0 Å². The number of methoxy groups -OCH3 is 1. The molecule has 0 atom stereocenters. The summed E-state index contributed by atoms with van der Waals surface area (Å²) in [5, 5.41) is 23.8. The molecule has 1 aliphatic rings. The number of fused-ring (bicyclic) bond motifs is 1. The van der Waals surface area contributed by atoms with Gasteiger partial charge in [0.15, 0.2) is 11.5 Å². The van der Waals surface area contributed by atoms with Crippen LogP contribution in [0, 0.1) is 22.7 Å². The van der Waals surface area contributed by atoms with Gasteiger partial charge in [-0.3, -0.25) is 4.79 Å². The Bertz CT molecular complexity index is 1550. The van der Waals surface area contributed by atoms with E-state index in [2.05, 4.69) is 18.0 Å². The number of hydrogen-bond donors (Lipinski definition) is 1. The number of ether oxygens (including phenoxy) is 2. The van der Waals surface area contributed by atoms with Gasteiger partial charge in [-0.15, -0.1) is 17.9 Å². The van der Waals surface area contributed by atoms with Gasteiger partial charge in [0.1, 0.15) is 29.3 Å². The molecule has 0 bridgehead atoms. The number of rotatable bonds is 9. The number of nitriles is 2. The molecule has 1 N–H and O–H groups in total. The second-order valence-electron chi connectivity index (χ2n) is 8.88. The first kappa shape index (κ1) is 28.3. The molecule has 6 nitrogen and oxygen atoms in total. The molecule has 3 aromatic rings. The summed E-state index contributed by atoms with van der Waals surface area (Å²) in [4.78, 5) is 14.2. The lowest BCUT2D eigenvalue weighted by molar-refractivity contribution is -0.112. The van der Waals surface area contributed by atoms with Gasteiger partial charge in [0.2, 0.25) is 0 Å². The summed E-state index contributed by atoms with van der Waals surface area (Å²) in [5.74, 6) is 0.363. The Balaban J connectivity index is 1.62. The van der Waals surface area contributed by atoms with Gasteiger partial charge in [0.05, 0.1) is 12.7 Å². The molecule has 198 valence electrons. The van der Waals surface area contributed by atoms with Gasteiger partial charge in [-0.25, -0.2) is 0 Å². The van der Waals surface area contributed by atoms with Crippen molar-refractivity contribution in [2.24, 2.45) is 0 Å². The molecule has 0 spiro atoms. The fourth-order valence-electron chi connectivity index (χ4n) is 4.44. The van der Waals surface area contributed by atoms with Crippen LogP contribution in [0.15, 0.2) is 48.6 Å². The highest BCUT2D eigenvalue weighted by molar-refractivity contribution is 7.16. The summed E-state index contributed by atoms with van der Waals surface area (Å²) < 4.78 is 11.7. The molecular weight excluding hydrogens is 553 g/mol. The molecule has 4 rings (SSSR count). The molecule has 0 saturated heterocycles. The minimum atomic E-state index is -0.574. The molecule has 39 heavy (non-hydrogen) atoms. The van der Waals surface area contributed by atoms with Crippen LogP contribution >= 0.6 is 34.5 Å². The molecule has 1 aliphatic carbocycles. The maximum Gasteiger partial charge on any atom is 0.266 e. The zero-order valence-electron chi connectivity index (χ0n) is 21.3. The van der Waals surface area contributed by atoms with Crippen molar-refractivity contribution in [1.29, 1.82) is 10.5 Å². The van der Waals surface area contributed by atoms with Gasteiger partial charge in [-0.05, 0) is 73.6 Å². The van der Waals surface area contributed by atoms with E-state index in [1.54, 1.807) is 30.3 Å². The Hall–Kier alpha value is -3.75. The fourth-order valence-corrected chi connectivity index (χ4v) is 6.13. The van der Waals surface area contributed by atoms with Crippen molar-refractivity contribution in [2.75, 3.05) is 12.4 Å². The molecule has 0 aliphatic heterocycles. The number of carbonyl (C=O) groups excluding carboxylic acids is 1. The van der Waals surface area contributed by atoms with Crippen molar-refractivity contribution >= 4 is 51.5 Å². The van der Waals surface area contributed by atoms with Crippen molar-refractivity contribution in [2.45, 2.75) is 38.7 Å². The van der Waals surface area contributed by atoms with E-state index in [9.17, 15) is 15.3 Å². The Labute approximate surface area is 241 Å². The van der Waals surface area contributed by atoms with Crippen molar-refractivity contribution in [3.63, 3.8) is 0 Å². The minimum absolute atomic E-state index is 0.0986. The number of nitrogens with one attached hydrogen (secondary N) is 1. The maximum absolute atomic E-state index is 13.1. The standard InChI is InChI=1S/C30H25Cl2N3O3S/c1-3-6-19-11-18(13-26(37-2)28(19)38-17-20-9-10-22(31)14-25(20)32)12-21(15-33)29(36)35-30-24(16-34)23-7-4-5-8-27(23)39-30/h3,9-14H,1,4-8,17H2,2H3,(H,35,36)/b21-12+. The third-order valence-corrected chi connectivity index (χ3v) is 8.11. The lowest BCUT2D eigenvalue weighted by atomic mass is 9.96. The maximum atomic E-state index is 13.1. The van der Waals surface area contributed by atoms with Crippen molar-refractivity contribution in [1.82, 2.24) is 0 Å². The van der Waals surface area contributed by atoms with E-state index in [0.29, 0.717) is 44.1 Å². The number of carbonyl (C=O) groups is 1. The van der Waals surface area contributed by atoms with E-state index < -0.39 is 5.91 Å². The van der Waals surface area contributed by atoms with Crippen LogP contribution in [0.3, 0.4) is 0 Å². The van der Waals surface area contributed by atoms with E-state index in [1.807, 2.05) is 12.1 Å². The third-order valence-electron chi connectivity index (χ3n) is 6.31. The van der Waals surface area contributed by atoms with Gasteiger partial charge in [0, 0.05) is 26.0 Å². The Kier molecular flexibility index (Phi) is 9.32. The monoisotopic (exact) mass is 577 g/mol.